The fourth-order valence-corrected chi connectivity index (χ4v) is 1.39. The zero-order chi connectivity index (χ0) is 12.0. The highest BCUT2D eigenvalue weighted by Gasteiger charge is 2.04. The van der Waals surface area contributed by atoms with E-state index in [1.165, 1.54) is 0 Å². The fraction of sp³-hybridized carbons (Fsp3) is 0.333. The molecule has 0 saturated carbocycles. The van der Waals surface area contributed by atoms with Crippen LogP contribution in [0, 0.1) is 0 Å². The first kappa shape index (κ1) is 12.9. The first-order valence-electron chi connectivity index (χ1n) is 4.99. The van der Waals surface area contributed by atoms with Crippen LogP contribution < -0.4 is 10.1 Å². The molecule has 3 nitrogen and oxygen atoms in total. The molecule has 0 radical (unpaired) electrons. The summed E-state index contributed by atoms with van der Waals surface area (Å²) in [6.07, 6.45) is 1.18. The number of anilines is 1. The van der Waals surface area contributed by atoms with Crippen molar-refractivity contribution in [2.75, 3.05) is 24.9 Å². The maximum Gasteiger partial charge on any atom is 0.119 e. The van der Waals surface area contributed by atoms with Crippen LogP contribution in [0.4, 0.5) is 5.69 Å². The normalized spacial score (nSPS) is 11.9. The maximum atomic E-state index is 9.34. The lowest BCUT2D eigenvalue weighted by Gasteiger charge is -2.13. The van der Waals surface area contributed by atoms with Gasteiger partial charge in [-0.25, -0.2) is 0 Å². The van der Waals surface area contributed by atoms with E-state index in [0.29, 0.717) is 6.54 Å². The van der Waals surface area contributed by atoms with Gasteiger partial charge < -0.3 is 15.2 Å². The van der Waals surface area contributed by atoms with Crippen LogP contribution in [-0.2, 0) is 0 Å². The Labute approximate surface area is 101 Å². The number of aliphatic hydroxyl groups excluding tert-OH is 1. The molecular formula is C12H16ClNO2. The Morgan fingerprint density at radius 1 is 1.62 bits per heavy atom. The van der Waals surface area contributed by atoms with Crippen molar-refractivity contribution in [1.82, 2.24) is 0 Å². The SMILES string of the molecule is C=Cc1cc(OC)ccc1NCC(O)CCl. The Morgan fingerprint density at radius 3 is 2.94 bits per heavy atom. The number of halogens is 1. The first-order valence-corrected chi connectivity index (χ1v) is 5.53. The van der Waals surface area contributed by atoms with Gasteiger partial charge in [0.15, 0.2) is 0 Å². The topological polar surface area (TPSA) is 41.5 Å². The molecule has 0 bridgehead atoms. The summed E-state index contributed by atoms with van der Waals surface area (Å²) in [4.78, 5) is 0. The standard InChI is InChI=1S/C12H16ClNO2/c1-3-9-6-11(16-2)4-5-12(9)14-8-10(15)7-13/h3-6,10,14-15H,1,7-8H2,2H3. The number of aliphatic hydroxyl groups is 1. The molecule has 0 heterocycles. The number of hydrogen-bond acceptors (Lipinski definition) is 3. The number of alkyl halides is 1. The van der Waals surface area contributed by atoms with Crippen LogP contribution in [0.2, 0.25) is 0 Å². The zero-order valence-corrected chi connectivity index (χ0v) is 10.00. The first-order chi connectivity index (χ1) is 7.71. The summed E-state index contributed by atoms with van der Waals surface area (Å²) in [5.74, 6) is 0.991. The molecule has 88 valence electrons. The van der Waals surface area contributed by atoms with Gasteiger partial charge in [-0.05, 0) is 18.2 Å². The van der Waals surface area contributed by atoms with E-state index in [2.05, 4.69) is 11.9 Å². The second kappa shape index (κ2) is 6.40. The van der Waals surface area contributed by atoms with Gasteiger partial charge in [-0.3, -0.25) is 0 Å². The molecule has 0 aliphatic rings. The van der Waals surface area contributed by atoms with Gasteiger partial charge in [0.1, 0.15) is 5.75 Å². The van der Waals surface area contributed by atoms with Gasteiger partial charge in [0.2, 0.25) is 0 Å². The van der Waals surface area contributed by atoms with Crippen molar-refractivity contribution < 1.29 is 9.84 Å². The van der Waals surface area contributed by atoms with E-state index in [-0.39, 0.29) is 5.88 Å². The van der Waals surface area contributed by atoms with E-state index in [4.69, 9.17) is 16.3 Å². The second-order valence-corrected chi connectivity index (χ2v) is 3.65. The molecule has 0 aliphatic carbocycles. The monoisotopic (exact) mass is 241 g/mol. The predicted octanol–water partition coefficient (Wildman–Crippen LogP) is 2.35. The third-order valence-corrected chi connectivity index (χ3v) is 2.54. The van der Waals surface area contributed by atoms with E-state index in [1.54, 1.807) is 13.2 Å². The van der Waals surface area contributed by atoms with Gasteiger partial charge in [-0.15, -0.1) is 11.6 Å². The van der Waals surface area contributed by atoms with Crippen LogP contribution >= 0.6 is 11.6 Å². The third kappa shape index (κ3) is 3.43. The quantitative estimate of drug-likeness (QED) is 0.752. The molecule has 0 saturated heterocycles. The number of methoxy groups -OCH3 is 1. The van der Waals surface area contributed by atoms with E-state index >= 15 is 0 Å². The average Bonchev–Trinajstić information content (AvgIpc) is 2.35. The van der Waals surface area contributed by atoms with Gasteiger partial charge in [0, 0.05) is 17.8 Å². The van der Waals surface area contributed by atoms with Crippen LogP contribution in [0.1, 0.15) is 5.56 Å². The smallest absolute Gasteiger partial charge is 0.119 e. The lowest BCUT2D eigenvalue weighted by Crippen LogP contribution is -2.21. The van der Waals surface area contributed by atoms with E-state index in [1.807, 2.05) is 18.2 Å². The Hall–Kier alpha value is -1.19. The van der Waals surface area contributed by atoms with Crippen LogP contribution in [0.3, 0.4) is 0 Å². The summed E-state index contributed by atoms with van der Waals surface area (Å²) in [5, 5.41) is 12.4. The Bertz CT molecular complexity index is 355. The van der Waals surface area contributed by atoms with Gasteiger partial charge in [0.05, 0.1) is 19.1 Å². The molecule has 0 amide bonds. The van der Waals surface area contributed by atoms with E-state index in [0.717, 1.165) is 17.0 Å². The van der Waals surface area contributed by atoms with Gasteiger partial charge >= 0.3 is 0 Å². The highest BCUT2D eigenvalue weighted by molar-refractivity contribution is 6.18. The van der Waals surface area contributed by atoms with Crippen molar-refractivity contribution in [2.45, 2.75) is 6.10 Å². The molecule has 16 heavy (non-hydrogen) atoms. The van der Waals surface area contributed by atoms with Crippen LogP contribution in [0.15, 0.2) is 24.8 Å². The van der Waals surface area contributed by atoms with Crippen molar-refractivity contribution in [3.05, 3.63) is 30.3 Å². The van der Waals surface area contributed by atoms with Crippen LogP contribution in [-0.4, -0.2) is 30.7 Å². The zero-order valence-electron chi connectivity index (χ0n) is 9.24. The molecule has 1 unspecified atom stereocenters. The highest BCUT2D eigenvalue weighted by Crippen LogP contribution is 2.22. The fourth-order valence-electron chi connectivity index (χ4n) is 1.28. The molecule has 1 rings (SSSR count). The minimum absolute atomic E-state index is 0.215. The number of ether oxygens (including phenoxy) is 1. The molecule has 0 spiro atoms. The van der Waals surface area contributed by atoms with Gasteiger partial charge in [0.25, 0.3) is 0 Å². The summed E-state index contributed by atoms with van der Waals surface area (Å²) >= 11 is 5.51. The second-order valence-electron chi connectivity index (χ2n) is 3.35. The largest absolute Gasteiger partial charge is 0.497 e. The molecule has 1 aromatic rings. The number of hydrogen-bond donors (Lipinski definition) is 2. The summed E-state index contributed by atoms with van der Waals surface area (Å²) < 4.78 is 5.11. The van der Waals surface area contributed by atoms with Crippen molar-refractivity contribution in [1.29, 1.82) is 0 Å². The van der Waals surface area contributed by atoms with Gasteiger partial charge in [-0.1, -0.05) is 12.7 Å². The molecular weight excluding hydrogens is 226 g/mol. The predicted molar refractivity (Wildman–Crippen MR) is 68.3 cm³/mol. The molecule has 1 aromatic carbocycles. The van der Waals surface area contributed by atoms with Crippen molar-refractivity contribution >= 4 is 23.4 Å². The number of rotatable bonds is 6. The Morgan fingerprint density at radius 2 is 2.38 bits per heavy atom. The lowest BCUT2D eigenvalue weighted by molar-refractivity contribution is 0.211. The van der Waals surface area contributed by atoms with E-state index in [9.17, 15) is 5.11 Å². The highest BCUT2D eigenvalue weighted by atomic mass is 35.5. The maximum absolute atomic E-state index is 9.34. The molecule has 0 aliphatic heterocycles. The Kier molecular flexibility index (Phi) is 5.15. The van der Waals surface area contributed by atoms with Crippen molar-refractivity contribution in [3.63, 3.8) is 0 Å². The Balaban J connectivity index is 2.75. The molecule has 0 fully saturated rings. The van der Waals surface area contributed by atoms with Crippen molar-refractivity contribution in [3.8, 4) is 5.75 Å². The van der Waals surface area contributed by atoms with Crippen molar-refractivity contribution in [2.24, 2.45) is 0 Å². The molecule has 0 aromatic heterocycles. The minimum atomic E-state index is -0.554. The molecule has 2 N–H and O–H groups in total. The average molecular weight is 242 g/mol. The summed E-state index contributed by atoms with van der Waals surface area (Å²) in [5.41, 5.74) is 1.83. The van der Waals surface area contributed by atoms with Crippen LogP contribution in [0.5, 0.6) is 5.75 Å². The molecule has 1 atom stereocenters. The summed E-state index contributed by atoms with van der Waals surface area (Å²) in [7, 11) is 1.62. The number of benzene rings is 1. The van der Waals surface area contributed by atoms with E-state index < -0.39 is 6.10 Å². The minimum Gasteiger partial charge on any atom is -0.497 e. The number of nitrogens with one attached hydrogen (secondary N) is 1. The van der Waals surface area contributed by atoms with Crippen LogP contribution in [0.25, 0.3) is 6.08 Å². The van der Waals surface area contributed by atoms with Gasteiger partial charge in [-0.2, -0.15) is 0 Å². The molecule has 4 heteroatoms. The third-order valence-electron chi connectivity index (χ3n) is 2.18. The summed E-state index contributed by atoms with van der Waals surface area (Å²) in [6, 6.07) is 5.61. The summed E-state index contributed by atoms with van der Waals surface area (Å²) in [6.45, 7) is 4.14. The lowest BCUT2D eigenvalue weighted by atomic mass is 10.1.